The predicted octanol–water partition coefficient (Wildman–Crippen LogP) is 8.86. The molecule has 0 bridgehead atoms. The van der Waals surface area contributed by atoms with Crippen molar-refractivity contribution in [3.8, 4) is 11.1 Å². The van der Waals surface area contributed by atoms with Gasteiger partial charge in [-0.1, -0.05) is 113 Å². The van der Waals surface area contributed by atoms with E-state index in [9.17, 15) is 9.90 Å². The highest BCUT2D eigenvalue weighted by molar-refractivity contribution is 9.10. The average molecular weight is 668 g/mol. The maximum absolute atomic E-state index is 11.5. The molecule has 0 radical (unpaired) electrons. The maximum atomic E-state index is 11.5. The quantitative estimate of drug-likeness (QED) is 0.151. The Hall–Kier alpha value is -3.85. The molecule has 7 heteroatoms. The van der Waals surface area contributed by atoms with E-state index >= 15 is 0 Å². The van der Waals surface area contributed by atoms with E-state index in [-0.39, 0.29) is 0 Å². The molecule has 1 aliphatic carbocycles. The Morgan fingerprint density at radius 3 is 2.27 bits per heavy atom. The van der Waals surface area contributed by atoms with Crippen LogP contribution in [0, 0.1) is 0 Å². The van der Waals surface area contributed by atoms with Gasteiger partial charge < -0.3 is 19.3 Å². The van der Waals surface area contributed by atoms with Crippen LogP contribution in [-0.4, -0.2) is 37.7 Å². The van der Waals surface area contributed by atoms with Gasteiger partial charge in [-0.05, 0) is 52.1 Å². The number of halogens is 1. The van der Waals surface area contributed by atoms with Gasteiger partial charge in [-0.15, -0.1) is 11.3 Å². The van der Waals surface area contributed by atoms with E-state index in [0.29, 0.717) is 0 Å². The topological polar surface area (TPSA) is 65.0 Å². The van der Waals surface area contributed by atoms with Crippen molar-refractivity contribution < 1.29 is 24.1 Å². The molecule has 2 unspecified atom stereocenters. The highest BCUT2D eigenvalue weighted by atomic mass is 79.9. The molecule has 1 aromatic heterocycles. The first-order valence-corrected chi connectivity index (χ1v) is 15.8. The number of carboxylic acid groups (broad SMARTS) is 1. The minimum Gasteiger partial charge on any atom is -0.480 e. The zero-order valence-electron chi connectivity index (χ0n) is 24.3. The number of hydrogen-bond donors (Lipinski definition) is 1. The van der Waals surface area contributed by atoms with Crippen molar-refractivity contribution in [3.05, 3.63) is 147 Å². The van der Waals surface area contributed by atoms with Crippen LogP contribution >= 0.6 is 27.3 Å². The molecule has 1 heterocycles. The van der Waals surface area contributed by atoms with Gasteiger partial charge in [0.05, 0.1) is 0 Å². The van der Waals surface area contributed by atoms with Crippen LogP contribution in [-0.2, 0) is 31.0 Å². The molecule has 44 heavy (non-hydrogen) atoms. The molecule has 0 spiro atoms. The first-order valence-electron chi connectivity index (χ1n) is 14.2. The molecule has 0 fully saturated rings. The number of carboxylic acids is 1. The van der Waals surface area contributed by atoms with Gasteiger partial charge in [0.25, 0.3) is 0 Å². The van der Waals surface area contributed by atoms with Gasteiger partial charge in [-0.25, -0.2) is 4.79 Å². The third-order valence-electron chi connectivity index (χ3n) is 8.04. The van der Waals surface area contributed by atoms with Crippen LogP contribution in [0.1, 0.15) is 21.6 Å². The third kappa shape index (κ3) is 5.47. The Labute approximate surface area is 269 Å². The third-order valence-corrected chi connectivity index (χ3v) is 9.87. The van der Waals surface area contributed by atoms with Gasteiger partial charge in [-0.3, -0.25) is 0 Å². The number of methoxy groups -OCH3 is 2. The molecular weight excluding hydrogens is 636 g/mol. The van der Waals surface area contributed by atoms with Crippen LogP contribution in [0.5, 0.6) is 0 Å². The van der Waals surface area contributed by atoms with E-state index in [1.54, 1.807) is 13.2 Å². The molecule has 6 rings (SSSR count). The van der Waals surface area contributed by atoms with E-state index in [1.165, 1.54) is 33.2 Å². The largest absolute Gasteiger partial charge is 0.480 e. The lowest BCUT2D eigenvalue weighted by atomic mass is 9.78. The number of carbonyl (C=O) groups is 1. The minimum absolute atomic E-state index is 0.556. The number of thiophene rings is 1. The molecule has 0 amide bonds. The Balaban J connectivity index is 1.45. The van der Waals surface area contributed by atoms with Crippen molar-refractivity contribution in [1.82, 2.24) is 0 Å². The van der Waals surface area contributed by atoms with Crippen molar-refractivity contribution in [3.63, 3.8) is 0 Å². The van der Waals surface area contributed by atoms with Crippen molar-refractivity contribution in [2.75, 3.05) is 20.8 Å². The first-order chi connectivity index (χ1) is 21.4. The fourth-order valence-electron chi connectivity index (χ4n) is 5.96. The predicted molar refractivity (Wildman–Crippen MR) is 180 cm³/mol. The zero-order valence-corrected chi connectivity index (χ0v) is 26.7. The summed E-state index contributed by atoms with van der Waals surface area (Å²) in [5, 5.41) is 10.7. The van der Waals surface area contributed by atoms with Crippen LogP contribution in [0.3, 0.4) is 0 Å². The van der Waals surface area contributed by atoms with Crippen molar-refractivity contribution in [1.29, 1.82) is 0 Å². The molecule has 2 atom stereocenters. The molecule has 5 aromatic rings. The number of aliphatic carboxylic acids is 1. The SMILES string of the molecule is COC1(OCC(=O)O)C=CC(c2ccc(-c3c(Cc4ccccc4)sc4ccccc34)c(Br)c2)=CC1(OC)c1ccccc1. The number of ether oxygens (including phenoxy) is 3. The van der Waals surface area contributed by atoms with E-state index in [0.717, 1.165) is 33.2 Å². The number of rotatable bonds is 10. The standard InChI is InChI=1S/C37H31BrO5S/c1-41-36(28-13-7-4-8-14-28)23-27(19-20-37(36,42-2)43-24-34(39)40)26-17-18-29(31(38)22-26)35-30-15-9-10-16-32(30)44-33(35)21-25-11-5-3-6-12-25/h3-20,22-23H,21,24H2,1-2H3,(H,39,40). The van der Waals surface area contributed by atoms with Crippen LogP contribution in [0.2, 0.25) is 0 Å². The van der Waals surface area contributed by atoms with Gasteiger partial charge in [0, 0.05) is 45.6 Å². The molecule has 0 aliphatic heterocycles. The maximum Gasteiger partial charge on any atom is 0.329 e. The molecule has 1 N–H and O–H groups in total. The van der Waals surface area contributed by atoms with Gasteiger partial charge in [0.2, 0.25) is 5.79 Å². The molecule has 0 saturated heterocycles. The molecule has 222 valence electrons. The Bertz CT molecular complexity index is 1860. The van der Waals surface area contributed by atoms with Gasteiger partial charge in [-0.2, -0.15) is 0 Å². The van der Waals surface area contributed by atoms with E-state index in [2.05, 4.69) is 82.7 Å². The minimum atomic E-state index is -1.51. The lowest BCUT2D eigenvalue weighted by Gasteiger charge is -2.46. The smallest absolute Gasteiger partial charge is 0.329 e. The van der Waals surface area contributed by atoms with E-state index in [4.69, 9.17) is 14.2 Å². The summed E-state index contributed by atoms with van der Waals surface area (Å²) in [6.45, 7) is -0.556. The summed E-state index contributed by atoms with van der Waals surface area (Å²) in [6.07, 6.45) is 6.44. The second kappa shape index (κ2) is 12.6. The second-order valence-corrected chi connectivity index (χ2v) is 12.5. The molecule has 0 saturated carbocycles. The summed E-state index contributed by atoms with van der Waals surface area (Å²) < 4.78 is 20.3. The van der Waals surface area contributed by atoms with Crippen molar-refractivity contribution in [2.24, 2.45) is 0 Å². The number of hydrogen-bond acceptors (Lipinski definition) is 5. The van der Waals surface area contributed by atoms with Crippen LogP contribution in [0.4, 0.5) is 0 Å². The lowest BCUT2D eigenvalue weighted by molar-refractivity contribution is -0.279. The molecule has 4 aromatic carbocycles. The number of fused-ring (bicyclic) bond motifs is 1. The molecular formula is C37H31BrO5S. The van der Waals surface area contributed by atoms with Crippen LogP contribution in [0.25, 0.3) is 26.8 Å². The van der Waals surface area contributed by atoms with Gasteiger partial charge >= 0.3 is 5.97 Å². The monoisotopic (exact) mass is 666 g/mol. The highest BCUT2D eigenvalue weighted by Gasteiger charge is 2.54. The first kappa shape index (κ1) is 30.2. The van der Waals surface area contributed by atoms with Gasteiger partial charge in [0.1, 0.15) is 6.61 Å². The summed E-state index contributed by atoms with van der Waals surface area (Å²) in [5.74, 6) is -2.61. The van der Waals surface area contributed by atoms with Crippen LogP contribution in [0.15, 0.2) is 126 Å². The summed E-state index contributed by atoms with van der Waals surface area (Å²) >= 11 is 5.75. The Morgan fingerprint density at radius 1 is 0.886 bits per heavy atom. The molecule has 5 nitrogen and oxygen atoms in total. The second-order valence-electron chi connectivity index (χ2n) is 10.5. The van der Waals surface area contributed by atoms with Gasteiger partial charge in [0.15, 0.2) is 5.60 Å². The summed E-state index contributed by atoms with van der Waals surface area (Å²) in [6, 6.07) is 35.1. The van der Waals surface area contributed by atoms with Crippen molar-refractivity contribution in [2.45, 2.75) is 17.8 Å². The summed E-state index contributed by atoms with van der Waals surface area (Å²) in [7, 11) is 3.07. The lowest BCUT2D eigenvalue weighted by Crippen LogP contribution is -2.55. The van der Waals surface area contributed by atoms with E-state index in [1.807, 2.05) is 59.9 Å². The average Bonchev–Trinajstić information content (AvgIpc) is 3.41. The number of allylic oxidation sites excluding steroid dienone is 2. The Kier molecular flexibility index (Phi) is 8.67. The van der Waals surface area contributed by atoms with Crippen LogP contribution < -0.4 is 0 Å². The number of benzene rings is 4. The van der Waals surface area contributed by atoms with Crippen molar-refractivity contribution >= 4 is 48.9 Å². The zero-order chi connectivity index (χ0) is 30.7. The summed E-state index contributed by atoms with van der Waals surface area (Å²) in [5.41, 5.74) is 4.97. The summed E-state index contributed by atoms with van der Waals surface area (Å²) in [4.78, 5) is 12.8. The normalized spacial score (nSPS) is 19.7. The Morgan fingerprint density at radius 2 is 1.59 bits per heavy atom. The highest BCUT2D eigenvalue weighted by Crippen LogP contribution is 2.48. The fourth-order valence-corrected chi connectivity index (χ4v) is 7.79. The van der Waals surface area contributed by atoms with E-state index < -0.39 is 24.0 Å². The molecule has 1 aliphatic rings. The fraction of sp³-hybridized carbons (Fsp3) is 0.162.